The van der Waals surface area contributed by atoms with Crippen molar-refractivity contribution in [3.8, 4) is 0 Å². The van der Waals surface area contributed by atoms with Crippen molar-refractivity contribution in [3.05, 3.63) is 26.6 Å². The van der Waals surface area contributed by atoms with Gasteiger partial charge in [-0.15, -0.1) is 11.3 Å². The maximum atomic E-state index is 12.0. The number of carboxylic acids is 1. The Bertz CT molecular complexity index is 687. The molecule has 0 bridgehead atoms. The lowest BCUT2D eigenvalue weighted by Crippen LogP contribution is -2.15. The second kappa shape index (κ2) is 5.13. The number of nitrogens with zero attached hydrogens (tertiary/aromatic N) is 1. The summed E-state index contributed by atoms with van der Waals surface area (Å²) in [6.07, 6.45) is 0.539. The van der Waals surface area contributed by atoms with Gasteiger partial charge in [0.25, 0.3) is 5.56 Å². The largest absolute Gasteiger partial charge is 0.481 e. The van der Waals surface area contributed by atoms with Gasteiger partial charge in [-0.05, 0) is 25.3 Å². The molecule has 6 heteroatoms. The van der Waals surface area contributed by atoms with Crippen LogP contribution >= 0.6 is 11.3 Å². The molecule has 1 unspecified atom stereocenters. The van der Waals surface area contributed by atoms with Crippen LogP contribution < -0.4 is 5.56 Å². The Hall–Kier alpha value is -1.69. The third-order valence-corrected chi connectivity index (χ3v) is 4.25. The lowest BCUT2D eigenvalue weighted by molar-refractivity contribution is -0.137. The lowest BCUT2D eigenvalue weighted by atomic mass is 10.0. The van der Waals surface area contributed by atoms with Crippen LogP contribution in [0.4, 0.5) is 0 Å². The zero-order valence-corrected chi connectivity index (χ0v) is 11.9. The standard InChI is InChI=1S/C13H16N2O3S/c1-6(5-10(16)17)4-9-14-12(18)11-7(2)8(3)19-13(11)15-9/h6H,4-5H2,1-3H3,(H,16,17)(H,14,15,18). The van der Waals surface area contributed by atoms with Gasteiger partial charge in [-0.2, -0.15) is 0 Å². The monoisotopic (exact) mass is 280 g/mol. The smallest absolute Gasteiger partial charge is 0.303 e. The Morgan fingerprint density at radius 2 is 2.16 bits per heavy atom. The third kappa shape index (κ3) is 2.84. The zero-order chi connectivity index (χ0) is 14.2. The second-order valence-corrected chi connectivity index (χ2v) is 6.09. The number of carboxylic acid groups (broad SMARTS) is 1. The quantitative estimate of drug-likeness (QED) is 0.899. The summed E-state index contributed by atoms with van der Waals surface area (Å²) in [7, 11) is 0. The molecule has 2 rings (SSSR count). The Labute approximate surface area is 114 Å². The predicted octanol–water partition coefficient (Wildman–Crippen LogP) is 2.25. The summed E-state index contributed by atoms with van der Waals surface area (Å²) in [5, 5.41) is 9.39. The number of aromatic nitrogens is 2. The van der Waals surface area contributed by atoms with Gasteiger partial charge >= 0.3 is 5.97 Å². The van der Waals surface area contributed by atoms with E-state index in [4.69, 9.17) is 5.11 Å². The minimum absolute atomic E-state index is 0.0553. The van der Waals surface area contributed by atoms with Crippen molar-refractivity contribution in [2.75, 3.05) is 0 Å². The van der Waals surface area contributed by atoms with E-state index in [-0.39, 0.29) is 17.9 Å². The molecule has 102 valence electrons. The van der Waals surface area contributed by atoms with E-state index in [1.165, 1.54) is 11.3 Å². The number of fused-ring (bicyclic) bond motifs is 1. The maximum Gasteiger partial charge on any atom is 0.303 e. The van der Waals surface area contributed by atoms with Crippen LogP contribution in [0.2, 0.25) is 0 Å². The molecule has 0 saturated heterocycles. The lowest BCUT2D eigenvalue weighted by Gasteiger charge is -2.07. The molecule has 2 aromatic rings. The van der Waals surface area contributed by atoms with Crippen molar-refractivity contribution in [2.24, 2.45) is 5.92 Å². The van der Waals surface area contributed by atoms with Gasteiger partial charge in [-0.3, -0.25) is 9.59 Å². The number of aryl methyl sites for hydroxylation is 2. The van der Waals surface area contributed by atoms with Gasteiger partial charge in [-0.25, -0.2) is 4.98 Å². The van der Waals surface area contributed by atoms with E-state index in [2.05, 4.69) is 9.97 Å². The van der Waals surface area contributed by atoms with Crippen molar-refractivity contribution in [3.63, 3.8) is 0 Å². The summed E-state index contributed by atoms with van der Waals surface area (Å²) in [6, 6.07) is 0. The number of aliphatic carboxylic acids is 1. The maximum absolute atomic E-state index is 12.0. The molecule has 0 spiro atoms. The van der Waals surface area contributed by atoms with Crippen LogP contribution in [0.15, 0.2) is 4.79 Å². The molecule has 0 radical (unpaired) electrons. The molecule has 0 aliphatic carbocycles. The van der Waals surface area contributed by atoms with Crippen LogP contribution in [-0.4, -0.2) is 21.0 Å². The average Bonchev–Trinajstić information content (AvgIpc) is 2.53. The first-order valence-corrected chi connectivity index (χ1v) is 6.90. The first-order valence-electron chi connectivity index (χ1n) is 6.09. The van der Waals surface area contributed by atoms with Crippen LogP contribution in [0.1, 0.15) is 29.6 Å². The fourth-order valence-electron chi connectivity index (χ4n) is 2.10. The van der Waals surface area contributed by atoms with Crippen LogP contribution in [0, 0.1) is 19.8 Å². The molecular weight excluding hydrogens is 264 g/mol. The van der Waals surface area contributed by atoms with E-state index in [0.717, 1.165) is 15.3 Å². The highest BCUT2D eigenvalue weighted by atomic mass is 32.1. The first-order chi connectivity index (χ1) is 8.88. The van der Waals surface area contributed by atoms with Crippen LogP contribution in [0.5, 0.6) is 0 Å². The summed E-state index contributed by atoms with van der Waals surface area (Å²) in [5.74, 6) is -0.327. The number of hydrogen-bond donors (Lipinski definition) is 2. The van der Waals surface area contributed by atoms with E-state index >= 15 is 0 Å². The van der Waals surface area contributed by atoms with Gasteiger partial charge in [0, 0.05) is 17.7 Å². The van der Waals surface area contributed by atoms with Crippen molar-refractivity contribution >= 4 is 27.5 Å². The minimum Gasteiger partial charge on any atom is -0.481 e. The highest BCUT2D eigenvalue weighted by molar-refractivity contribution is 7.18. The molecule has 0 fully saturated rings. The van der Waals surface area contributed by atoms with Crippen molar-refractivity contribution in [1.82, 2.24) is 9.97 Å². The fraction of sp³-hybridized carbons (Fsp3) is 0.462. The Balaban J connectivity index is 2.36. The third-order valence-electron chi connectivity index (χ3n) is 3.15. The molecule has 2 N–H and O–H groups in total. The normalized spacial score (nSPS) is 12.8. The Morgan fingerprint density at radius 3 is 2.79 bits per heavy atom. The number of rotatable bonds is 4. The van der Waals surface area contributed by atoms with Gasteiger partial charge in [0.05, 0.1) is 5.39 Å². The number of carbonyl (C=O) groups is 1. The van der Waals surface area contributed by atoms with Crippen LogP contribution in [0.3, 0.4) is 0 Å². The van der Waals surface area contributed by atoms with Gasteiger partial charge < -0.3 is 10.1 Å². The van der Waals surface area contributed by atoms with Crippen molar-refractivity contribution in [2.45, 2.75) is 33.6 Å². The van der Waals surface area contributed by atoms with Gasteiger partial charge in [0.15, 0.2) is 0 Å². The minimum atomic E-state index is -0.835. The summed E-state index contributed by atoms with van der Waals surface area (Å²) in [4.78, 5) is 31.7. The fourth-order valence-corrected chi connectivity index (χ4v) is 3.15. The summed E-state index contributed by atoms with van der Waals surface area (Å²) >= 11 is 1.50. The molecule has 0 aliphatic heterocycles. The molecular formula is C13H16N2O3S. The Kier molecular flexibility index (Phi) is 3.71. The highest BCUT2D eigenvalue weighted by Gasteiger charge is 2.14. The molecule has 1 atom stereocenters. The molecule has 0 aliphatic rings. The SMILES string of the molecule is Cc1sc2nc(CC(C)CC(=O)O)[nH]c(=O)c2c1C. The number of thiophene rings is 1. The van der Waals surface area contributed by atoms with Crippen LogP contribution in [-0.2, 0) is 11.2 Å². The zero-order valence-electron chi connectivity index (χ0n) is 11.1. The number of aromatic amines is 1. The summed E-state index contributed by atoms with van der Waals surface area (Å²) in [5.41, 5.74) is 0.836. The molecule has 19 heavy (non-hydrogen) atoms. The predicted molar refractivity (Wildman–Crippen MR) is 74.8 cm³/mol. The first kappa shape index (κ1) is 13.7. The van der Waals surface area contributed by atoms with Gasteiger partial charge in [-0.1, -0.05) is 6.92 Å². The second-order valence-electron chi connectivity index (χ2n) is 4.88. The topological polar surface area (TPSA) is 83.0 Å². The van der Waals surface area contributed by atoms with Crippen LogP contribution in [0.25, 0.3) is 10.2 Å². The molecule has 0 saturated carbocycles. The average molecular weight is 280 g/mol. The molecule has 5 nitrogen and oxygen atoms in total. The molecule has 0 aromatic carbocycles. The summed E-state index contributed by atoms with van der Waals surface area (Å²) < 4.78 is 0. The number of H-pyrrole nitrogens is 1. The number of hydrogen-bond acceptors (Lipinski definition) is 4. The van der Waals surface area contributed by atoms with Crippen molar-refractivity contribution < 1.29 is 9.90 Å². The van der Waals surface area contributed by atoms with Crippen molar-refractivity contribution in [1.29, 1.82) is 0 Å². The highest BCUT2D eigenvalue weighted by Crippen LogP contribution is 2.26. The van der Waals surface area contributed by atoms with E-state index < -0.39 is 5.97 Å². The van der Waals surface area contributed by atoms with Gasteiger partial charge in [0.2, 0.25) is 0 Å². The summed E-state index contributed by atoms with van der Waals surface area (Å²) in [6.45, 7) is 5.72. The molecule has 0 amide bonds. The van der Waals surface area contributed by atoms with E-state index in [1.54, 1.807) is 0 Å². The molecule has 2 heterocycles. The molecule has 2 aromatic heterocycles. The Morgan fingerprint density at radius 1 is 1.47 bits per heavy atom. The van der Waals surface area contributed by atoms with Gasteiger partial charge in [0.1, 0.15) is 10.7 Å². The van der Waals surface area contributed by atoms with E-state index in [9.17, 15) is 9.59 Å². The van der Waals surface area contributed by atoms with E-state index in [1.807, 2.05) is 20.8 Å². The number of nitrogens with one attached hydrogen (secondary N) is 1. The van der Waals surface area contributed by atoms with E-state index in [0.29, 0.717) is 17.6 Å².